The summed E-state index contributed by atoms with van der Waals surface area (Å²) in [6.07, 6.45) is 0.897. The summed E-state index contributed by atoms with van der Waals surface area (Å²) in [5.41, 5.74) is 2.17. The van der Waals surface area contributed by atoms with Gasteiger partial charge >= 0.3 is 0 Å². The first-order chi connectivity index (χ1) is 15.5. The van der Waals surface area contributed by atoms with Crippen molar-refractivity contribution in [1.82, 2.24) is 25.4 Å². The van der Waals surface area contributed by atoms with Gasteiger partial charge in [-0.2, -0.15) is 0 Å². The molecule has 0 aliphatic carbocycles. The number of guanidine groups is 1. The number of aryl methyl sites for hydroxylation is 2. The Kier molecular flexibility index (Phi) is 11.5. The molecule has 0 aliphatic heterocycles. The van der Waals surface area contributed by atoms with Gasteiger partial charge in [-0.15, -0.1) is 10.2 Å². The molecule has 0 amide bonds. The normalized spacial score (nSPS) is 11.6. The first-order valence-electron chi connectivity index (χ1n) is 11.3. The first kappa shape index (κ1) is 25.6. The third-order valence-electron chi connectivity index (χ3n) is 4.88. The van der Waals surface area contributed by atoms with Crippen LogP contribution in [0.5, 0.6) is 5.75 Å². The van der Waals surface area contributed by atoms with Crippen LogP contribution in [0.25, 0.3) is 0 Å². The fraction of sp³-hybridized carbons (Fsp3) is 0.609. The maximum atomic E-state index is 5.95. The smallest absolute Gasteiger partial charge is 0.191 e. The third-order valence-corrected chi connectivity index (χ3v) is 4.88. The maximum absolute atomic E-state index is 5.95. The minimum absolute atomic E-state index is 0.489. The van der Waals surface area contributed by atoms with Gasteiger partial charge in [0.15, 0.2) is 11.8 Å². The van der Waals surface area contributed by atoms with Crippen LogP contribution in [0, 0.1) is 13.8 Å². The van der Waals surface area contributed by atoms with E-state index in [0.717, 1.165) is 54.7 Å². The van der Waals surface area contributed by atoms with E-state index in [4.69, 9.17) is 19.2 Å². The highest BCUT2D eigenvalue weighted by atomic mass is 16.5. The van der Waals surface area contributed by atoms with E-state index in [1.54, 1.807) is 0 Å². The highest BCUT2D eigenvalue weighted by Crippen LogP contribution is 2.21. The zero-order valence-electron chi connectivity index (χ0n) is 20.1. The fourth-order valence-corrected chi connectivity index (χ4v) is 2.91. The summed E-state index contributed by atoms with van der Waals surface area (Å²) in [6.45, 7) is 12.9. The van der Waals surface area contributed by atoms with Crippen LogP contribution in [-0.2, 0) is 29.6 Å². The van der Waals surface area contributed by atoms with Crippen molar-refractivity contribution in [2.24, 2.45) is 12.0 Å². The Morgan fingerprint density at radius 2 is 1.81 bits per heavy atom. The molecule has 0 aliphatic rings. The van der Waals surface area contributed by atoms with Gasteiger partial charge in [0, 0.05) is 39.0 Å². The Morgan fingerprint density at radius 1 is 1.03 bits per heavy atom. The number of rotatable bonds is 14. The van der Waals surface area contributed by atoms with Gasteiger partial charge in [0.25, 0.3) is 0 Å². The predicted octanol–water partition coefficient (Wildman–Crippen LogP) is 2.51. The van der Waals surface area contributed by atoms with Crippen molar-refractivity contribution in [3.8, 4) is 5.75 Å². The molecule has 2 rings (SSSR count). The van der Waals surface area contributed by atoms with Crippen molar-refractivity contribution in [2.75, 3.05) is 39.6 Å². The summed E-state index contributed by atoms with van der Waals surface area (Å²) >= 11 is 0. The maximum Gasteiger partial charge on any atom is 0.191 e. The number of hydrogen-bond donors (Lipinski definition) is 2. The van der Waals surface area contributed by atoms with E-state index in [0.29, 0.717) is 38.9 Å². The Labute approximate surface area is 191 Å². The van der Waals surface area contributed by atoms with Crippen LogP contribution in [0.15, 0.2) is 23.2 Å². The van der Waals surface area contributed by atoms with Gasteiger partial charge in [0.05, 0.1) is 19.7 Å². The second-order valence-electron chi connectivity index (χ2n) is 7.37. The molecular weight excluding hydrogens is 408 g/mol. The highest BCUT2D eigenvalue weighted by molar-refractivity contribution is 5.79. The number of aliphatic imine (C=N–C) groups is 1. The molecule has 1 aromatic heterocycles. The zero-order valence-corrected chi connectivity index (χ0v) is 20.1. The summed E-state index contributed by atoms with van der Waals surface area (Å²) < 4.78 is 18.7. The number of hydrogen-bond acceptors (Lipinski definition) is 6. The van der Waals surface area contributed by atoms with Gasteiger partial charge in [0.1, 0.15) is 18.2 Å². The minimum Gasteiger partial charge on any atom is -0.491 e. The highest BCUT2D eigenvalue weighted by Gasteiger charge is 2.08. The summed E-state index contributed by atoms with van der Waals surface area (Å²) in [7, 11) is 1.96. The molecule has 0 bridgehead atoms. The number of benzene rings is 1. The van der Waals surface area contributed by atoms with Crippen molar-refractivity contribution in [3.05, 3.63) is 41.0 Å². The third kappa shape index (κ3) is 8.84. The van der Waals surface area contributed by atoms with Crippen LogP contribution in [0.2, 0.25) is 0 Å². The summed E-state index contributed by atoms with van der Waals surface area (Å²) in [5, 5.41) is 15.1. The molecule has 0 unspecified atom stereocenters. The van der Waals surface area contributed by atoms with Crippen LogP contribution in [0.1, 0.15) is 43.0 Å². The molecule has 2 aromatic rings. The summed E-state index contributed by atoms with van der Waals surface area (Å²) in [5.74, 6) is 3.27. The predicted molar refractivity (Wildman–Crippen MR) is 126 cm³/mol. The van der Waals surface area contributed by atoms with Crippen molar-refractivity contribution < 1.29 is 14.2 Å². The molecule has 0 spiro atoms. The zero-order chi connectivity index (χ0) is 23.2. The lowest BCUT2D eigenvalue weighted by atomic mass is 10.1. The monoisotopic (exact) mass is 446 g/mol. The SMILES string of the molecule is CCOCCCNC(=NCc1ccc(C)cc1OCCOCC)NCc1nnc(C)n1C. The van der Waals surface area contributed by atoms with Crippen molar-refractivity contribution in [3.63, 3.8) is 0 Å². The second-order valence-corrected chi connectivity index (χ2v) is 7.37. The molecule has 32 heavy (non-hydrogen) atoms. The van der Waals surface area contributed by atoms with Crippen LogP contribution >= 0.6 is 0 Å². The molecule has 0 radical (unpaired) electrons. The first-order valence-corrected chi connectivity index (χ1v) is 11.3. The van der Waals surface area contributed by atoms with E-state index in [1.165, 1.54) is 0 Å². The lowest BCUT2D eigenvalue weighted by Crippen LogP contribution is -2.38. The van der Waals surface area contributed by atoms with Gasteiger partial charge < -0.3 is 29.4 Å². The molecule has 0 saturated carbocycles. The van der Waals surface area contributed by atoms with Crippen LogP contribution in [-0.4, -0.2) is 60.3 Å². The molecule has 0 fully saturated rings. The second kappa shape index (κ2) is 14.4. The van der Waals surface area contributed by atoms with Crippen LogP contribution in [0.4, 0.5) is 0 Å². The quantitative estimate of drug-likeness (QED) is 0.262. The van der Waals surface area contributed by atoms with Crippen molar-refractivity contribution >= 4 is 5.96 Å². The van der Waals surface area contributed by atoms with E-state index in [2.05, 4.69) is 39.9 Å². The average Bonchev–Trinajstić information content (AvgIpc) is 3.11. The lowest BCUT2D eigenvalue weighted by molar-refractivity contribution is 0.110. The molecule has 9 heteroatoms. The van der Waals surface area contributed by atoms with Gasteiger partial charge in [-0.1, -0.05) is 12.1 Å². The average molecular weight is 447 g/mol. The van der Waals surface area contributed by atoms with Gasteiger partial charge in [-0.05, 0) is 45.7 Å². The molecule has 2 N–H and O–H groups in total. The Balaban J connectivity index is 2.04. The molecule has 0 saturated heterocycles. The van der Waals surface area contributed by atoms with Gasteiger partial charge in [0.2, 0.25) is 0 Å². The molecule has 9 nitrogen and oxygen atoms in total. The van der Waals surface area contributed by atoms with Gasteiger partial charge in [-0.25, -0.2) is 4.99 Å². The molecule has 1 heterocycles. The van der Waals surface area contributed by atoms with Crippen molar-refractivity contribution in [2.45, 2.75) is 47.2 Å². The van der Waals surface area contributed by atoms with E-state index in [9.17, 15) is 0 Å². The Hall–Kier alpha value is -2.65. The standard InChI is InChI=1S/C23H38N6O3/c1-6-30-12-8-11-24-23(26-17-22-28-27-19(4)29(22)5)25-16-20-10-9-18(3)15-21(20)32-14-13-31-7-2/h9-10,15H,6-8,11-14,16-17H2,1-5H3,(H2,24,25,26). The Morgan fingerprint density at radius 3 is 2.53 bits per heavy atom. The van der Waals surface area contributed by atoms with Crippen molar-refractivity contribution in [1.29, 1.82) is 0 Å². The largest absolute Gasteiger partial charge is 0.491 e. The number of aromatic nitrogens is 3. The van der Waals surface area contributed by atoms with E-state index in [1.807, 2.05) is 38.5 Å². The summed E-state index contributed by atoms with van der Waals surface area (Å²) in [6, 6.07) is 6.18. The number of nitrogens with one attached hydrogen (secondary N) is 2. The minimum atomic E-state index is 0.489. The molecule has 178 valence electrons. The van der Waals surface area contributed by atoms with E-state index in [-0.39, 0.29) is 0 Å². The number of nitrogens with zero attached hydrogens (tertiary/aromatic N) is 4. The van der Waals surface area contributed by atoms with Crippen LogP contribution < -0.4 is 15.4 Å². The number of ether oxygens (including phenoxy) is 3. The van der Waals surface area contributed by atoms with E-state index < -0.39 is 0 Å². The lowest BCUT2D eigenvalue weighted by Gasteiger charge is -2.14. The fourth-order valence-electron chi connectivity index (χ4n) is 2.91. The topological polar surface area (TPSA) is 94.8 Å². The molecular formula is C23H38N6O3. The van der Waals surface area contributed by atoms with Crippen LogP contribution in [0.3, 0.4) is 0 Å². The van der Waals surface area contributed by atoms with Gasteiger partial charge in [-0.3, -0.25) is 0 Å². The summed E-state index contributed by atoms with van der Waals surface area (Å²) in [4.78, 5) is 4.78. The molecule has 1 aromatic carbocycles. The Bertz CT molecular complexity index is 837. The molecule has 0 atom stereocenters. The van der Waals surface area contributed by atoms with E-state index >= 15 is 0 Å².